The van der Waals surface area contributed by atoms with Gasteiger partial charge in [0.05, 0.1) is 19.8 Å². The SMILES string of the molecule is COC1=C(OI)C=C2C(Oc3ccc(N(C)C(=O)OCC4CCCCCC4)cc3)=CC=NC2C1. The number of anilines is 1. The van der Waals surface area contributed by atoms with Gasteiger partial charge in [-0.15, -0.1) is 0 Å². The van der Waals surface area contributed by atoms with E-state index in [4.69, 9.17) is 17.3 Å². The van der Waals surface area contributed by atoms with E-state index in [1.807, 2.05) is 59.4 Å². The summed E-state index contributed by atoms with van der Waals surface area (Å²) in [5.74, 6) is 3.29. The Balaban J connectivity index is 1.37. The van der Waals surface area contributed by atoms with Crippen LogP contribution < -0.4 is 9.64 Å². The normalized spacial score (nSPS) is 20.5. The first-order valence-corrected chi connectivity index (χ1v) is 12.7. The Hall–Kier alpha value is -2.49. The average molecular weight is 578 g/mol. The van der Waals surface area contributed by atoms with Crippen LogP contribution in [0.3, 0.4) is 0 Å². The number of nitrogens with zero attached hydrogens (tertiary/aromatic N) is 2. The largest absolute Gasteiger partial charge is 0.497 e. The maximum Gasteiger partial charge on any atom is 0.414 e. The van der Waals surface area contributed by atoms with Crippen molar-refractivity contribution >= 4 is 41.0 Å². The van der Waals surface area contributed by atoms with E-state index in [2.05, 4.69) is 4.99 Å². The highest BCUT2D eigenvalue weighted by molar-refractivity contribution is 14.1. The smallest absolute Gasteiger partial charge is 0.414 e. The third-order valence-corrected chi connectivity index (χ3v) is 7.02. The quantitative estimate of drug-likeness (QED) is 0.273. The predicted molar refractivity (Wildman–Crippen MR) is 140 cm³/mol. The summed E-state index contributed by atoms with van der Waals surface area (Å²) in [4.78, 5) is 18.6. The van der Waals surface area contributed by atoms with Gasteiger partial charge in [-0.05, 0) is 55.2 Å². The molecule has 3 aliphatic rings. The molecule has 1 saturated carbocycles. The minimum atomic E-state index is -0.327. The van der Waals surface area contributed by atoms with Gasteiger partial charge in [-0.1, -0.05) is 25.7 Å². The highest BCUT2D eigenvalue weighted by Crippen LogP contribution is 2.35. The summed E-state index contributed by atoms with van der Waals surface area (Å²) in [5, 5.41) is 0. The van der Waals surface area contributed by atoms with Crippen LogP contribution >= 0.6 is 23.0 Å². The van der Waals surface area contributed by atoms with Crippen molar-refractivity contribution in [3.8, 4) is 5.75 Å². The molecule has 1 amide bonds. The van der Waals surface area contributed by atoms with Gasteiger partial charge in [-0.2, -0.15) is 0 Å². The van der Waals surface area contributed by atoms with E-state index >= 15 is 0 Å². The summed E-state index contributed by atoms with van der Waals surface area (Å²) in [6, 6.07) is 7.34. The molecule has 34 heavy (non-hydrogen) atoms. The van der Waals surface area contributed by atoms with Crippen LogP contribution in [-0.2, 0) is 12.5 Å². The van der Waals surface area contributed by atoms with Crippen LogP contribution in [0, 0.1) is 5.92 Å². The van der Waals surface area contributed by atoms with E-state index in [9.17, 15) is 4.79 Å². The van der Waals surface area contributed by atoms with Crippen LogP contribution in [0.4, 0.5) is 10.5 Å². The molecule has 1 aliphatic heterocycles. The molecule has 1 unspecified atom stereocenters. The Labute approximate surface area is 215 Å². The van der Waals surface area contributed by atoms with Gasteiger partial charge in [0.15, 0.2) is 28.8 Å². The van der Waals surface area contributed by atoms with Gasteiger partial charge in [-0.3, -0.25) is 9.89 Å². The zero-order valence-corrected chi connectivity index (χ0v) is 21.8. The second-order valence-electron chi connectivity index (χ2n) is 8.81. The molecule has 0 radical (unpaired) electrons. The van der Waals surface area contributed by atoms with Crippen molar-refractivity contribution in [2.45, 2.75) is 51.0 Å². The van der Waals surface area contributed by atoms with Gasteiger partial charge >= 0.3 is 6.09 Å². The Morgan fingerprint density at radius 3 is 2.56 bits per heavy atom. The maximum atomic E-state index is 12.6. The molecule has 2 aliphatic carbocycles. The van der Waals surface area contributed by atoms with Crippen LogP contribution in [0.15, 0.2) is 64.3 Å². The zero-order valence-electron chi connectivity index (χ0n) is 19.7. The van der Waals surface area contributed by atoms with E-state index in [-0.39, 0.29) is 12.1 Å². The second-order valence-corrected chi connectivity index (χ2v) is 9.25. The molecule has 0 saturated heterocycles. The number of ether oxygens (including phenoxy) is 3. The number of dihydropyridines is 1. The Morgan fingerprint density at radius 1 is 1.15 bits per heavy atom. The lowest BCUT2D eigenvalue weighted by Gasteiger charge is -2.27. The van der Waals surface area contributed by atoms with E-state index < -0.39 is 0 Å². The lowest BCUT2D eigenvalue weighted by molar-refractivity contribution is 0.130. The molecule has 0 bridgehead atoms. The monoisotopic (exact) mass is 578 g/mol. The molecule has 8 heteroatoms. The fourth-order valence-electron chi connectivity index (χ4n) is 4.51. The number of rotatable bonds is 7. The van der Waals surface area contributed by atoms with Crippen LogP contribution in [0.2, 0.25) is 0 Å². The van der Waals surface area contributed by atoms with Gasteiger partial charge < -0.3 is 17.3 Å². The molecule has 4 rings (SSSR count). The topological polar surface area (TPSA) is 69.6 Å². The standard InChI is InChI=1S/C26H31IN2O5/c1-29(26(30)32-17-18-7-5-3-4-6-8-18)19-9-11-20(12-10-19)33-23-13-14-28-22-16-24(31-2)25(34-27)15-21(22)23/h9-15,18,22H,3-8,16-17H2,1-2H3. The highest BCUT2D eigenvalue weighted by atomic mass is 127. The summed E-state index contributed by atoms with van der Waals surface area (Å²) >= 11 is 1.85. The van der Waals surface area contributed by atoms with Crippen LogP contribution in [-0.4, -0.2) is 39.1 Å². The number of hydrogen-bond donors (Lipinski definition) is 0. The molecule has 0 N–H and O–H groups in total. The van der Waals surface area contributed by atoms with Gasteiger partial charge in [0.1, 0.15) is 17.3 Å². The van der Waals surface area contributed by atoms with Crippen LogP contribution in [0.25, 0.3) is 0 Å². The number of hydrogen-bond acceptors (Lipinski definition) is 6. The predicted octanol–water partition coefficient (Wildman–Crippen LogP) is 6.50. The van der Waals surface area contributed by atoms with Crippen molar-refractivity contribution in [3.63, 3.8) is 0 Å². The lowest BCUT2D eigenvalue weighted by Crippen LogP contribution is -2.28. The van der Waals surface area contributed by atoms with Gasteiger partial charge in [0.2, 0.25) is 0 Å². The Kier molecular flexibility index (Phi) is 8.53. The van der Waals surface area contributed by atoms with E-state index in [1.54, 1.807) is 20.4 Å². The van der Waals surface area contributed by atoms with Gasteiger partial charge in [0, 0.05) is 30.9 Å². The minimum absolute atomic E-state index is 0.0705. The molecular formula is C26H31IN2O5. The Bertz CT molecular complexity index is 991. The number of carbonyl (C=O) groups is 1. The zero-order chi connectivity index (χ0) is 23.9. The van der Waals surface area contributed by atoms with E-state index in [1.165, 1.54) is 30.6 Å². The number of carbonyl (C=O) groups excluding carboxylic acids is 1. The number of methoxy groups -OCH3 is 1. The summed E-state index contributed by atoms with van der Waals surface area (Å²) in [6.07, 6.45) is 13.1. The third kappa shape index (κ3) is 5.95. The van der Waals surface area contributed by atoms with Crippen molar-refractivity contribution in [2.24, 2.45) is 10.9 Å². The summed E-state index contributed by atoms with van der Waals surface area (Å²) in [5.41, 5.74) is 1.69. The van der Waals surface area contributed by atoms with Crippen molar-refractivity contribution < 1.29 is 22.1 Å². The van der Waals surface area contributed by atoms with Crippen molar-refractivity contribution in [1.82, 2.24) is 0 Å². The molecule has 1 aromatic rings. The molecule has 1 heterocycles. The summed E-state index contributed by atoms with van der Waals surface area (Å²) < 4.78 is 22.6. The average Bonchev–Trinajstić information content (AvgIpc) is 3.15. The maximum absolute atomic E-state index is 12.6. The molecule has 1 fully saturated rings. The van der Waals surface area contributed by atoms with Gasteiger partial charge in [0.25, 0.3) is 0 Å². The highest BCUT2D eigenvalue weighted by Gasteiger charge is 2.29. The first-order chi connectivity index (χ1) is 16.6. The Morgan fingerprint density at radius 2 is 1.88 bits per heavy atom. The number of benzene rings is 1. The summed E-state index contributed by atoms with van der Waals surface area (Å²) in [6.45, 7) is 0.499. The molecule has 1 aromatic carbocycles. The van der Waals surface area contributed by atoms with Crippen molar-refractivity contribution in [2.75, 3.05) is 25.7 Å². The molecule has 1 atom stereocenters. The number of allylic oxidation sites excluding steroid dienone is 2. The van der Waals surface area contributed by atoms with Crippen LogP contribution in [0.5, 0.6) is 5.75 Å². The molecular weight excluding hydrogens is 547 g/mol. The van der Waals surface area contributed by atoms with Crippen LogP contribution in [0.1, 0.15) is 44.9 Å². The fourth-order valence-corrected chi connectivity index (χ4v) is 4.88. The van der Waals surface area contributed by atoms with Crippen molar-refractivity contribution in [1.29, 1.82) is 0 Å². The number of halogens is 1. The van der Waals surface area contributed by atoms with Gasteiger partial charge in [-0.25, -0.2) is 4.79 Å². The molecule has 7 nitrogen and oxygen atoms in total. The number of amides is 1. The molecule has 0 aromatic heterocycles. The fraction of sp³-hybridized carbons (Fsp3) is 0.462. The molecule has 0 spiro atoms. The van der Waals surface area contributed by atoms with Crippen molar-refractivity contribution in [3.05, 3.63) is 59.3 Å². The summed E-state index contributed by atoms with van der Waals surface area (Å²) in [7, 11) is 3.36. The van der Waals surface area contributed by atoms with E-state index in [0.29, 0.717) is 36.2 Å². The third-order valence-electron chi connectivity index (χ3n) is 6.55. The number of aliphatic imine (C=N–C) groups is 1. The lowest BCUT2D eigenvalue weighted by atomic mass is 9.94. The van der Waals surface area contributed by atoms with E-state index in [0.717, 1.165) is 29.9 Å². The first kappa shape index (κ1) is 24.6. The number of fused-ring (bicyclic) bond motifs is 1. The molecule has 182 valence electrons. The second kappa shape index (κ2) is 11.8. The minimum Gasteiger partial charge on any atom is -0.497 e. The first-order valence-electron chi connectivity index (χ1n) is 11.8.